The van der Waals surface area contributed by atoms with Crippen molar-refractivity contribution in [2.75, 3.05) is 12.4 Å². The summed E-state index contributed by atoms with van der Waals surface area (Å²) >= 11 is 0. The molecule has 0 bridgehead atoms. The summed E-state index contributed by atoms with van der Waals surface area (Å²) < 4.78 is 4.90. The van der Waals surface area contributed by atoms with E-state index in [1.807, 2.05) is 31.2 Å². The second-order valence-electron chi connectivity index (χ2n) is 7.02. The number of nitrogens with zero attached hydrogens (tertiary/aromatic N) is 1. The van der Waals surface area contributed by atoms with Crippen molar-refractivity contribution in [1.82, 2.24) is 0 Å². The Kier molecular flexibility index (Phi) is 4.18. The summed E-state index contributed by atoms with van der Waals surface area (Å²) in [7, 11) is 1.38. The van der Waals surface area contributed by atoms with Gasteiger partial charge in [0.15, 0.2) is 0 Å². The molecule has 3 atom stereocenters. The van der Waals surface area contributed by atoms with Crippen molar-refractivity contribution in [3.63, 3.8) is 0 Å². The second-order valence-corrected chi connectivity index (χ2v) is 7.02. The van der Waals surface area contributed by atoms with Gasteiger partial charge in [-0.25, -0.2) is 4.79 Å². The molecule has 0 fully saturated rings. The Labute approximate surface area is 157 Å². The summed E-state index contributed by atoms with van der Waals surface area (Å²) in [6, 6.07) is 10.6. The largest absolute Gasteiger partial charge is 0.465 e. The van der Waals surface area contributed by atoms with Crippen molar-refractivity contribution >= 4 is 17.3 Å². The van der Waals surface area contributed by atoms with Gasteiger partial charge in [-0.1, -0.05) is 30.4 Å². The number of nitrogens with one attached hydrogen (secondary N) is 1. The van der Waals surface area contributed by atoms with Crippen LogP contribution in [0.1, 0.15) is 45.4 Å². The topological polar surface area (TPSA) is 81.5 Å². The van der Waals surface area contributed by atoms with Crippen LogP contribution in [0.15, 0.2) is 48.6 Å². The van der Waals surface area contributed by atoms with Gasteiger partial charge in [0.05, 0.1) is 23.6 Å². The van der Waals surface area contributed by atoms with Gasteiger partial charge < -0.3 is 10.1 Å². The van der Waals surface area contributed by atoms with E-state index in [1.54, 1.807) is 12.1 Å². The van der Waals surface area contributed by atoms with E-state index in [1.165, 1.54) is 12.7 Å². The molecule has 0 aromatic heterocycles. The molecule has 0 saturated heterocycles. The zero-order valence-corrected chi connectivity index (χ0v) is 15.1. The van der Waals surface area contributed by atoms with Crippen molar-refractivity contribution in [1.29, 1.82) is 0 Å². The van der Waals surface area contributed by atoms with Crippen LogP contribution in [0.25, 0.3) is 0 Å². The lowest BCUT2D eigenvalue weighted by molar-refractivity contribution is -0.384. The maximum atomic E-state index is 12.1. The van der Waals surface area contributed by atoms with E-state index < -0.39 is 0 Å². The van der Waals surface area contributed by atoms with Gasteiger partial charge in [0.2, 0.25) is 0 Å². The zero-order chi connectivity index (χ0) is 19.1. The van der Waals surface area contributed by atoms with Gasteiger partial charge in [0.25, 0.3) is 5.69 Å². The summed E-state index contributed by atoms with van der Waals surface area (Å²) in [6.45, 7) is 1.92. The number of carbonyl (C=O) groups excluding carboxylic acids is 1. The lowest BCUT2D eigenvalue weighted by atomic mass is 9.76. The Morgan fingerprint density at radius 2 is 1.96 bits per heavy atom. The number of benzene rings is 2. The smallest absolute Gasteiger partial charge is 0.338 e. The van der Waals surface area contributed by atoms with Crippen molar-refractivity contribution in [2.24, 2.45) is 5.92 Å². The number of ether oxygens (including phenoxy) is 1. The van der Waals surface area contributed by atoms with Crippen molar-refractivity contribution in [3.05, 3.63) is 80.9 Å². The van der Waals surface area contributed by atoms with Crippen LogP contribution in [0.2, 0.25) is 0 Å². The van der Waals surface area contributed by atoms with Crippen molar-refractivity contribution in [3.8, 4) is 0 Å². The Morgan fingerprint density at radius 1 is 1.22 bits per heavy atom. The molecule has 1 N–H and O–H groups in total. The Morgan fingerprint density at radius 3 is 2.63 bits per heavy atom. The predicted molar refractivity (Wildman–Crippen MR) is 102 cm³/mol. The third-order valence-corrected chi connectivity index (χ3v) is 5.67. The van der Waals surface area contributed by atoms with E-state index in [0.29, 0.717) is 11.5 Å². The number of anilines is 1. The minimum Gasteiger partial charge on any atom is -0.465 e. The van der Waals surface area contributed by atoms with Crippen LogP contribution in [-0.2, 0) is 4.74 Å². The summed E-state index contributed by atoms with van der Waals surface area (Å²) in [4.78, 5) is 22.6. The molecule has 0 amide bonds. The minimum absolute atomic E-state index is 0.0184. The number of hydrogen-bond acceptors (Lipinski definition) is 5. The number of carbonyl (C=O) groups is 1. The number of hydrogen-bond donors (Lipinski definition) is 1. The normalized spacial score (nSPS) is 22.5. The van der Waals surface area contributed by atoms with E-state index in [0.717, 1.165) is 23.2 Å². The minimum atomic E-state index is -0.389. The first-order chi connectivity index (χ1) is 13.0. The Bertz CT molecular complexity index is 949. The molecule has 6 heteroatoms. The highest BCUT2D eigenvalue weighted by Crippen LogP contribution is 2.51. The van der Waals surface area contributed by atoms with Crippen LogP contribution in [0, 0.1) is 23.0 Å². The van der Waals surface area contributed by atoms with Crippen molar-refractivity contribution < 1.29 is 14.5 Å². The summed E-state index contributed by atoms with van der Waals surface area (Å²) in [6.07, 6.45) is 5.35. The van der Waals surface area contributed by atoms with Crippen molar-refractivity contribution in [2.45, 2.75) is 25.3 Å². The van der Waals surface area contributed by atoms with Crippen LogP contribution in [0.4, 0.5) is 11.4 Å². The third-order valence-electron chi connectivity index (χ3n) is 5.67. The molecule has 138 valence electrons. The molecule has 1 aliphatic carbocycles. The molecule has 0 saturated carbocycles. The first-order valence-corrected chi connectivity index (χ1v) is 8.90. The molecule has 0 spiro atoms. The summed E-state index contributed by atoms with van der Waals surface area (Å²) in [5.41, 5.74) is 4.63. The van der Waals surface area contributed by atoms with Gasteiger partial charge in [-0.3, -0.25) is 10.1 Å². The van der Waals surface area contributed by atoms with E-state index in [2.05, 4.69) is 17.5 Å². The monoisotopic (exact) mass is 364 g/mol. The fourth-order valence-electron chi connectivity index (χ4n) is 4.28. The molecule has 6 nitrogen and oxygen atoms in total. The van der Waals surface area contributed by atoms with E-state index in [-0.39, 0.29) is 28.5 Å². The molecular weight excluding hydrogens is 344 g/mol. The van der Waals surface area contributed by atoms with E-state index >= 15 is 0 Å². The van der Waals surface area contributed by atoms with Crippen LogP contribution in [-0.4, -0.2) is 18.0 Å². The van der Waals surface area contributed by atoms with Gasteiger partial charge in [-0.15, -0.1) is 0 Å². The maximum Gasteiger partial charge on any atom is 0.338 e. The fraction of sp³-hybridized carbons (Fsp3) is 0.286. The predicted octanol–water partition coefficient (Wildman–Crippen LogP) is 4.52. The highest BCUT2D eigenvalue weighted by Gasteiger charge is 2.39. The number of nitro benzene ring substituents is 1. The van der Waals surface area contributed by atoms with Crippen LogP contribution in [0.3, 0.4) is 0 Å². The molecule has 0 radical (unpaired) electrons. The molecule has 2 aliphatic rings. The van der Waals surface area contributed by atoms with Crippen LogP contribution in [0.5, 0.6) is 0 Å². The average Bonchev–Trinajstić information content (AvgIpc) is 3.17. The quantitative estimate of drug-likeness (QED) is 0.375. The molecule has 1 aliphatic heterocycles. The van der Waals surface area contributed by atoms with Gasteiger partial charge in [0.1, 0.15) is 0 Å². The molecule has 4 rings (SSSR count). The Balaban J connectivity index is 1.77. The number of nitro groups is 1. The highest BCUT2D eigenvalue weighted by molar-refractivity contribution is 5.93. The van der Waals surface area contributed by atoms with Gasteiger partial charge >= 0.3 is 5.97 Å². The average molecular weight is 364 g/mol. The van der Waals surface area contributed by atoms with Gasteiger partial charge in [0, 0.05) is 23.7 Å². The first-order valence-electron chi connectivity index (χ1n) is 8.90. The van der Waals surface area contributed by atoms with Crippen LogP contribution >= 0.6 is 0 Å². The summed E-state index contributed by atoms with van der Waals surface area (Å²) in [5.74, 6) is 0.238. The Hall–Kier alpha value is -3.15. The lowest BCUT2D eigenvalue weighted by Gasteiger charge is -2.38. The number of methoxy groups -OCH3 is 1. The van der Waals surface area contributed by atoms with Gasteiger partial charge in [-0.05, 0) is 42.0 Å². The number of rotatable bonds is 3. The van der Waals surface area contributed by atoms with Gasteiger partial charge in [-0.2, -0.15) is 0 Å². The molecule has 0 unspecified atom stereocenters. The highest BCUT2D eigenvalue weighted by atomic mass is 16.6. The zero-order valence-electron chi connectivity index (χ0n) is 15.1. The SMILES string of the molecule is COC(=O)c1ccc2c(c1C)N[C@@H](c1ccc([N+](=O)[O-])cc1)[C@H]1CC=C[C@H]21. The lowest BCUT2D eigenvalue weighted by Crippen LogP contribution is -2.30. The number of esters is 1. The third kappa shape index (κ3) is 2.77. The molecule has 2 aromatic rings. The number of fused-ring (bicyclic) bond motifs is 3. The maximum absolute atomic E-state index is 12.1. The second kappa shape index (κ2) is 6.54. The first kappa shape index (κ1) is 17.3. The van der Waals surface area contributed by atoms with E-state index in [9.17, 15) is 14.9 Å². The molecule has 27 heavy (non-hydrogen) atoms. The molecule has 2 aromatic carbocycles. The summed E-state index contributed by atoms with van der Waals surface area (Å²) in [5, 5.41) is 14.5. The van der Waals surface area contributed by atoms with E-state index in [4.69, 9.17) is 4.74 Å². The fourth-order valence-corrected chi connectivity index (χ4v) is 4.28. The number of allylic oxidation sites excluding steroid dienone is 2. The molecular formula is C21H20N2O4. The standard InChI is InChI=1S/C21H20N2O4/c1-12-15(21(24)27-2)10-11-18-16-4-3-5-17(16)20(22-19(12)18)13-6-8-14(9-7-13)23(25)26/h3-4,6-11,16-17,20,22H,5H2,1-2H3/t16-,17-,20-/m0/s1. The van der Waals surface area contributed by atoms with Crippen LogP contribution < -0.4 is 5.32 Å². The number of non-ortho nitro benzene ring substituents is 1. The molecule has 1 heterocycles.